The molecule has 0 radical (unpaired) electrons. The molecule has 3 rings (SSSR count). The molecule has 0 aliphatic carbocycles. The van der Waals surface area contributed by atoms with E-state index in [0.717, 1.165) is 12.5 Å². The second-order valence-corrected chi connectivity index (χ2v) is 9.24. The number of hydrogen-bond acceptors (Lipinski definition) is 1. The van der Waals surface area contributed by atoms with Crippen LogP contribution in [0.2, 0.25) is 6.04 Å². The topological polar surface area (TPSA) is 9.23 Å². The van der Waals surface area contributed by atoms with Crippen molar-refractivity contribution < 1.29 is 4.74 Å². The molecule has 0 fully saturated rings. The van der Waals surface area contributed by atoms with Crippen LogP contribution in [0.25, 0.3) is 0 Å². The van der Waals surface area contributed by atoms with Gasteiger partial charge in [0.2, 0.25) is 0 Å². The second kappa shape index (κ2) is 5.78. The van der Waals surface area contributed by atoms with Crippen molar-refractivity contribution in [3.05, 3.63) is 72.4 Å². The van der Waals surface area contributed by atoms with Crippen LogP contribution in [0.1, 0.15) is 6.42 Å². The van der Waals surface area contributed by atoms with Gasteiger partial charge in [0.05, 0.1) is 6.10 Å². The van der Waals surface area contributed by atoms with Crippen molar-refractivity contribution in [1.29, 1.82) is 0 Å². The maximum Gasteiger partial charge on any atom is 0.143 e. The van der Waals surface area contributed by atoms with E-state index < -0.39 is 8.07 Å². The highest BCUT2D eigenvalue weighted by molar-refractivity contribution is 7.06. The fourth-order valence-corrected chi connectivity index (χ4v) is 7.67. The molecule has 20 heavy (non-hydrogen) atoms. The number of methoxy groups -OCH3 is 1. The van der Waals surface area contributed by atoms with Crippen LogP contribution in [0.3, 0.4) is 0 Å². The van der Waals surface area contributed by atoms with Crippen molar-refractivity contribution in [2.45, 2.75) is 18.6 Å². The highest BCUT2D eigenvalue weighted by atomic mass is 28.3. The van der Waals surface area contributed by atoms with Gasteiger partial charge in [-0.05, 0) is 22.8 Å². The summed E-state index contributed by atoms with van der Waals surface area (Å²) in [5.41, 5.74) is 2.49. The molecule has 0 aromatic heterocycles. The normalized spacial score (nSPS) is 20.8. The summed E-state index contributed by atoms with van der Waals surface area (Å²) >= 11 is 0. The van der Waals surface area contributed by atoms with E-state index in [2.05, 4.69) is 72.4 Å². The zero-order valence-corrected chi connectivity index (χ0v) is 12.8. The number of benzene rings is 2. The number of ether oxygens (including phenoxy) is 1. The Morgan fingerprint density at radius 1 is 0.900 bits per heavy atom. The van der Waals surface area contributed by atoms with Gasteiger partial charge in [0.1, 0.15) is 8.07 Å². The van der Waals surface area contributed by atoms with E-state index in [1.165, 1.54) is 10.4 Å². The maximum absolute atomic E-state index is 5.67. The van der Waals surface area contributed by atoms with E-state index in [1.54, 1.807) is 0 Å². The number of rotatable bonds is 3. The van der Waals surface area contributed by atoms with Crippen LogP contribution in [0.15, 0.2) is 72.4 Å². The zero-order chi connectivity index (χ0) is 13.8. The van der Waals surface area contributed by atoms with Gasteiger partial charge in [-0.15, -0.1) is 0 Å². The lowest BCUT2D eigenvalue weighted by molar-refractivity contribution is 0.119. The molecule has 1 aliphatic rings. The largest absolute Gasteiger partial charge is 0.381 e. The van der Waals surface area contributed by atoms with Crippen LogP contribution in [0.5, 0.6) is 0 Å². The van der Waals surface area contributed by atoms with Gasteiger partial charge in [-0.2, -0.15) is 0 Å². The molecule has 0 bridgehead atoms. The molecule has 2 aromatic carbocycles. The average Bonchev–Trinajstić information content (AvgIpc) is 2.56. The van der Waals surface area contributed by atoms with Gasteiger partial charge in [0, 0.05) is 7.11 Å². The Kier molecular flexibility index (Phi) is 3.85. The Hall–Kier alpha value is -1.64. The summed E-state index contributed by atoms with van der Waals surface area (Å²) in [5.74, 6) is 0. The molecule has 1 aliphatic heterocycles. The van der Waals surface area contributed by atoms with E-state index in [-0.39, 0.29) is 0 Å². The van der Waals surface area contributed by atoms with Gasteiger partial charge in [-0.3, -0.25) is 0 Å². The molecule has 0 saturated heterocycles. The lowest BCUT2D eigenvalue weighted by atomic mass is 10.3. The maximum atomic E-state index is 5.67. The highest BCUT2D eigenvalue weighted by Gasteiger charge is 2.38. The first-order chi connectivity index (χ1) is 9.85. The van der Waals surface area contributed by atoms with Gasteiger partial charge >= 0.3 is 0 Å². The van der Waals surface area contributed by atoms with E-state index in [9.17, 15) is 0 Å². The molecule has 0 N–H and O–H groups in total. The predicted octanol–water partition coefficient (Wildman–Crippen LogP) is 2.76. The molecular weight excluding hydrogens is 260 g/mol. The molecule has 1 nitrogen and oxygen atoms in total. The molecule has 0 amide bonds. The molecule has 2 aromatic rings. The van der Waals surface area contributed by atoms with Crippen LogP contribution < -0.4 is 10.4 Å². The second-order valence-electron chi connectivity index (χ2n) is 5.40. The SMILES string of the molecule is COC1CC=C[Si](c2ccccc2)(c2ccccc2)C1. The van der Waals surface area contributed by atoms with Crippen LogP contribution in [0, 0.1) is 0 Å². The van der Waals surface area contributed by atoms with Gasteiger partial charge in [0.25, 0.3) is 0 Å². The van der Waals surface area contributed by atoms with Crippen molar-refractivity contribution in [1.82, 2.24) is 0 Å². The molecule has 1 heterocycles. The van der Waals surface area contributed by atoms with Crippen LogP contribution in [-0.2, 0) is 4.74 Å². The van der Waals surface area contributed by atoms with Crippen LogP contribution >= 0.6 is 0 Å². The quantitative estimate of drug-likeness (QED) is 0.786. The van der Waals surface area contributed by atoms with E-state index in [4.69, 9.17) is 4.74 Å². The van der Waals surface area contributed by atoms with Gasteiger partial charge in [0.15, 0.2) is 0 Å². The summed E-state index contributed by atoms with van der Waals surface area (Å²) in [6.07, 6.45) is 3.70. The molecule has 102 valence electrons. The fraction of sp³-hybridized carbons (Fsp3) is 0.222. The fourth-order valence-electron chi connectivity index (χ4n) is 3.18. The Morgan fingerprint density at radius 3 is 1.95 bits per heavy atom. The van der Waals surface area contributed by atoms with Crippen molar-refractivity contribution in [2.75, 3.05) is 7.11 Å². The average molecular weight is 280 g/mol. The summed E-state index contributed by atoms with van der Waals surface area (Å²) in [5, 5.41) is 2.95. The summed E-state index contributed by atoms with van der Waals surface area (Å²) < 4.78 is 5.67. The molecule has 0 spiro atoms. The summed E-state index contributed by atoms with van der Waals surface area (Å²) in [4.78, 5) is 0. The Balaban J connectivity index is 2.13. The van der Waals surface area contributed by atoms with Gasteiger partial charge in [-0.25, -0.2) is 0 Å². The Bertz CT molecular complexity index is 537. The van der Waals surface area contributed by atoms with Gasteiger partial charge in [-0.1, -0.05) is 72.4 Å². The highest BCUT2D eigenvalue weighted by Crippen LogP contribution is 2.24. The summed E-state index contributed by atoms with van der Waals surface area (Å²) in [6, 6.07) is 23.0. The third-order valence-corrected chi connectivity index (χ3v) is 8.89. The van der Waals surface area contributed by atoms with Gasteiger partial charge < -0.3 is 4.74 Å². The zero-order valence-electron chi connectivity index (χ0n) is 11.8. The molecule has 0 saturated carbocycles. The molecule has 1 atom stereocenters. The lowest BCUT2D eigenvalue weighted by Crippen LogP contribution is -2.59. The van der Waals surface area contributed by atoms with E-state index in [0.29, 0.717) is 6.10 Å². The van der Waals surface area contributed by atoms with Crippen molar-refractivity contribution in [3.8, 4) is 0 Å². The minimum atomic E-state index is -1.82. The van der Waals surface area contributed by atoms with E-state index >= 15 is 0 Å². The first-order valence-electron chi connectivity index (χ1n) is 7.17. The lowest BCUT2D eigenvalue weighted by Gasteiger charge is -2.35. The number of hydrogen-bond donors (Lipinski definition) is 0. The summed E-state index contributed by atoms with van der Waals surface area (Å²) in [7, 11) is 0.00782. The monoisotopic (exact) mass is 280 g/mol. The smallest absolute Gasteiger partial charge is 0.143 e. The molecular formula is C18H20OSi. The first kappa shape index (κ1) is 13.3. The molecule has 2 heteroatoms. The van der Waals surface area contributed by atoms with Crippen molar-refractivity contribution in [3.63, 3.8) is 0 Å². The van der Waals surface area contributed by atoms with E-state index in [1.807, 2.05) is 7.11 Å². The predicted molar refractivity (Wildman–Crippen MR) is 87.3 cm³/mol. The summed E-state index contributed by atoms with van der Waals surface area (Å²) in [6.45, 7) is 0. The first-order valence-corrected chi connectivity index (χ1v) is 9.45. The third kappa shape index (κ3) is 2.37. The minimum absolute atomic E-state index is 0.340. The van der Waals surface area contributed by atoms with Crippen LogP contribution in [-0.4, -0.2) is 21.3 Å². The van der Waals surface area contributed by atoms with Crippen molar-refractivity contribution >= 4 is 18.4 Å². The standard InChI is InChI=1S/C18H20OSi/c1-19-16-9-8-14-20(15-16,17-10-4-2-5-11-17)18-12-6-3-7-13-18/h2-8,10-14,16H,9,15H2,1H3. The Morgan fingerprint density at radius 2 is 1.45 bits per heavy atom. The Labute approximate surface area is 121 Å². The minimum Gasteiger partial charge on any atom is -0.381 e. The third-order valence-electron chi connectivity index (χ3n) is 4.26. The van der Waals surface area contributed by atoms with Crippen molar-refractivity contribution in [2.24, 2.45) is 0 Å². The molecule has 1 unspecified atom stereocenters. The van der Waals surface area contributed by atoms with Crippen LogP contribution in [0.4, 0.5) is 0 Å².